The van der Waals surface area contributed by atoms with Gasteiger partial charge >= 0.3 is 5.97 Å². The number of hydrogen-bond acceptors (Lipinski definition) is 8. The summed E-state index contributed by atoms with van der Waals surface area (Å²) in [6, 6.07) is 14.2. The van der Waals surface area contributed by atoms with E-state index in [2.05, 4.69) is 20.1 Å². The van der Waals surface area contributed by atoms with E-state index in [9.17, 15) is 33.0 Å². The fourth-order valence-corrected chi connectivity index (χ4v) is 4.92. The normalized spacial score (nSPS) is 22.8. The third-order valence-corrected chi connectivity index (χ3v) is 6.75. The molecule has 0 saturated carbocycles. The van der Waals surface area contributed by atoms with Crippen LogP contribution in [0.1, 0.15) is 34.8 Å². The van der Waals surface area contributed by atoms with E-state index in [4.69, 9.17) is 0 Å². The first-order valence-electron chi connectivity index (χ1n) is 12.1. The number of hydrogen-bond donors (Lipinski definition) is 4. The van der Waals surface area contributed by atoms with Gasteiger partial charge in [0.2, 0.25) is 18.1 Å². The summed E-state index contributed by atoms with van der Waals surface area (Å²) in [7, 11) is 0. The van der Waals surface area contributed by atoms with Crippen molar-refractivity contribution in [2.45, 2.75) is 37.3 Å². The Morgan fingerprint density at radius 3 is 2.36 bits per heavy atom. The van der Waals surface area contributed by atoms with Crippen molar-refractivity contribution >= 4 is 35.0 Å². The molecule has 5 unspecified atom stereocenters. The Labute approximate surface area is 226 Å². The molecule has 1 saturated heterocycles. The van der Waals surface area contributed by atoms with Crippen LogP contribution in [0.2, 0.25) is 0 Å². The standard InChI is InChI=1S/C26H28N4O8S/c31-21(27-20-13-22(32)38-26(20)35)15-30-14-18(23(29-39(36)37)16-7-3-1-4-8-16)11-12-19(25(30)34)28-24(33)17-9-5-2-6-10-17/h1-11,19-20,23,26,29,35H,12-15H2,(H,27,31)(H,28,33)(H,36,37)/p-1. The molecule has 2 aromatic rings. The first-order valence-corrected chi connectivity index (χ1v) is 13.2. The number of ether oxygens (including phenoxy) is 1. The van der Waals surface area contributed by atoms with Crippen molar-refractivity contribution in [3.05, 3.63) is 83.4 Å². The second kappa shape index (κ2) is 12.8. The number of nitrogens with one attached hydrogen (secondary N) is 3. The zero-order valence-electron chi connectivity index (χ0n) is 20.6. The second-order valence-electron chi connectivity index (χ2n) is 9.06. The van der Waals surface area contributed by atoms with Gasteiger partial charge in [-0.15, -0.1) is 0 Å². The van der Waals surface area contributed by atoms with Gasteiger partial charge in [0.15, 0.2) is 0 Å². The van der Waals surface area contributed by atoms with Crippen LogP contribution in [0.4, 0.5) is 0 Å². The van der Waals surface area contributed by atoms with Gasteiger partial charge in [0.05, 0.1) is 19.0 Å². The Balaban J connectivity index is 1.60. The number of carbonyl (C=O) groups is 4. The predicted octanol–water partition coefficient (Wildman–Crippen LogP) is -0.181. The lowest BCUT2D eigenvalue weighted by Gasteiger charge is -2.29. The van der Waals surface area contributed by atoms with Crippen LogP contribution in [-0.2, 0) is 30.4 Å². The van der Waals surface area contributed by atoms with Crippen LogP contribution in [0.15, 0.2) is 72.3 Å². The fourth-order valence-electron chi connectivity index (χ4n) is 4.44. The van der Waals surface area contributed by atoms with E-state index >= 15 is 0 Å². The largest absolute Gasteiger partial charge is 0.760 e. The Morgan fingerprint density at radius 2 is 1.74 bits per heavy atom. The van der Waals surface area contributed by atoms with E-state index < -0.39 is 65.9 Å². The molecule has 4 rings (SSSR count). The highest BCUT2D eigenvalue weighted by Gasteiger charge is 2.36. The molecule has 2 aromatic carbocycles. The van der Waals surface area contributed by atoms with Crippen molar-refractivity contribution in [2.75, 3.05) is 13.1 Å². The van der Waals surface area contributed by atoms with Gasteiger partial charge in [0, 0.05) is 23.4 Å². The molecule has 2 aliphatic heterocycles. The molecule has 13 heteroatoms. The third-order valence-electron chi connectivity index (χ3n) is 6.32. The van der Waals surface area contributed by atoms with Crippen LogP contribution in [0.25, 0.3) is 0 Å². The average molecular weight is 556 g/mol. The van der Waals surface area contributed by atoms with E-state index in [0.29, 0.717) is 16.7 Å². The molecule has 206 valence electrons. The van der Waals surface area contributed by atoms with Crippen molar-refractivity contribution in [3.63, 3.8) is 0 Å². The minimum Gasteiger partial charge on any atom is -0.760 e. The van der Waals surface area contributed by atoms with Crippen molar-refractivity contribution in [2.24, 2.45) is 0 Å². The SMILES string of the molecule is O=C(CN1CC(C(NS(=O)[O-])c2ccccc2)=CCC(NC(=O)c2ccccc2)C1=O)NC1CC(=O)OC1O. The monoisotopic (exact) mass is 555 g/mol. The van der Waals surface area contributed by atoms with Crippen LogP contribution >= 0.6 is 0 Å². The molecule has 1 fully saturated rings. The highest BCUT2D eigenvalue weighted by atomic mass is 32.2. The number of nitrogens with zero attached hydrogens (tertiary/aromatic N) is 1. The highest BCUT2D eigenvalue weighted by molar-refractivity contribution is 7.77. The van der Waals surface area contributed by atoms with Gasteiger partial charge in [0.25, 0.3) is 5.91 Å². The minimum absolute atomic E-state index is 0.0467. The first-order chi connectivity index (χ1) is 18.7. The lowest BCUT2D eigenvalue weighted by atomic mass is 9.98. The van der Waals surface area contributed by atoms with Gasteiger partial charge in [-0.3, -0.25) is 23.4 Å². The van der Waals surface area contributed by atoms with E-state index in [1.54, 1.807) is 66.7 Å². The average Bonchev–Trinajstić information content (AvgIpc) is 3.15. The number of carbonyl (C=O) groups excluding carboxylic acids is 4. The predicted molar refractivity (Wildman–Crippen MR) is 137 cm³/mol. The maximum Gasteiger partial charge on any atom is 0.310 e. The molecule has 2 aliphatic rings. The summed E-state index contributed by atoms with van der Waals surface area (Å²) in [5.74, 6) is -2.39. The van der Waals surface area contributed by atoms with Crippen LogP contribution in [0, 0.1) is 0 Å². The van der Waals surface area contributed by atoms with Crippen LogP contribution in [-0.4, -0.2) is 73.9 Å². The van der Waals surface area contributed by atoms with Crippen molar-refractivity contribution in [1.82, 2.24) is 20.3 Å². The summed E-state index contributed by atoms with van der Waals surface area (Å²) in [4.78, 5) is 51.9. The van der Waals surface area contributed by atoms with Crippen molar-refractivity contribution in [3.8, 4) is 0 Å². The topological polar surface area (TPSA) is 177 Å². The number of aliphatic hydroxyl groups is 1. The molecule has 4 N–H and O–H groups in total. The summed E-state index contributed by atoms with van der Waals surface area (Å²) >= 11 is -2.65. The molecule has 0 aliphatic carbocycles. The van der Waals surface area contributed by atoms with Gasteiger partial charge < -0.3 is 29.9 Å². The zero-order valence-corrected chi connectivity index (χ0v) is 21.5. The molecular weight excluding hydrogens is 528 g/mol. The van der Waals surface area contributed by atoms with Gasteiger partial charge in [-0.25, -0.2) is 4.72 Å². The maximum atomic E-state index is 13.6. The Kier molecular flexibility index (Phi) is 9.19. The first kappa shape index (κ1) is 28.1. The molecule has 5 atom stereocenters. The number of amides is 3. The number of esters is 1. The van der Waals surface area contributed by atoms with Gasteiger partial charge in [0.1, 0.15) is 12.1 Å². The van der Waals surface area contributed by atoms with Gasteiger partial charge in [-0.1, -0.05) is 54.6 Å². The van der Waals surface area contributed by atoms with Gasteiger partial charge in [-0.2, -0.15) is 0 Å². The fraction of sp³-hybridized carbons (Fsp3) is 0.308. The minimum atomic E-state index is -2.65. The van der Waals surface area contributed by atoms with E-state index in [-0.39, 0.29) is 19.4 Å². The second-order valence-corrected chi connectivity index (χ2v) is 9.76. The highest BCUT2D eigenvalue weighted by Crippen LogP contribution is 2.26. The smallest absolute Gasteiger partial charge is 0.310 e. The van der Waals surface area contributed by atoms with E-state index in [1.165, 1.54) is 4.90 Å². The summed E-state index contributed by atoms with van der Waals surface area (Å²) in [5.41, 5.74) is 1.44. The quantitative estimate of drug-likeness (QED) is 0.187. The van der Waals surface area contributed by atoms with Crippen LogP contribution in [0.5, 0.6) is 0 Å². The van der Waals surface area contributed by atoms with E-state index in [1.807, 2.05) is 0 Å². The van der Waals surface area contributed by atoms with Gasteiger partial charge in [-0.05, 0) is 29.7 Å². The molecule has 12 nitrogen and oxygen atoms in total. The Morgan fingerprint density at radius 1 is 1.08 bits per heavy atom. The number of rotatable bonds is 9. The molecule has 0 radical (unpaired) electrons. The maximum absolute atomic E-state index is 13.6. The van der Waals surface area contributed by atoms with E-state index in [0.717, 1.165) is 0 Å². The number of benzene rings is 2. The Hall–Kier alpha value is -3.91. The number of cyclic esters (lactones) is 1. The zero-order chi connectivity index (χ0) is 27.9. The summed E-state index contributed by atoms with van der Waals surface area (Å²) in [6.45, 7) is -0.608. The molecular formula is C26H27N4O8S-. The van der Waals surface area contributed by atoms with Crippen LogP contribution < -0.4 is 15.4 Å². The third kappa shape index (κ3) is 7.35. The molecule has 0 spiro atoms. The van der Waals surface area contributed by atoms with Crippen molar-refractivity contribution in [1.29, 1.82) is 0 Å². The molecule has 39 heavy (non-hydrogen) atoms. The summed E-state index contributed by atoms with van der Waals surface area (Å²) in [6.07, 6.45) is -0.00752. The molecule has 3 amide bonds. The van der Waals surface area contributed by atoms with Crippen LogP contribution in [0.3, 0.4) is 0 Å². The number of aliphatic hydroxyl groups excluding tert-OH is 1. The lowest BCUT2D eigenvalue weighted by molar-refractivity contribution is -0.155. The summed E-state index contributed by atoms with van der Waals surface area (Å²) in [5, 5.41) is 15.0. The molecule has 0 aromatic heterocycles. The Bertz CT molecular complexity index is 1270. The lowest BCUT2D eigenvalue weighted by Crippen LogP contribution is -2.52. The van der Waals surface area contributed by atoms with Crippen molar-refractivity contribution < 1.29 is 37.8 Å². The molecule has 0 bridgehead atoms. The summed E-state index contributed by atoms with van der Waals surface area (Å²) < 4.78 is 30.4. The molecule has 2 heterocycles.